The van der Waals surface area contributed by atoms with E-state index >= 15 is 0 Å². The normalized spacial score (nSPS) is 19.3. The lowest BCUT2D eigenvalue weighted by Crippen LogP contribution is -2.40. The van der Waals surface area contributed by atoms with Crippen molar-refractivity contribution in [3.63, 3.8) is 0 Å². The van der Waals surface area contributed by atoms with Gasteiger partial charge in [-0.05, 0) is 25.7 Å². The number of amides is 1. The second-order valence-electron chi connectivity index (χ2n) is 5.51. The maximum Gasteiger partial charge on any atom is 0.223 e. The van der Waals surface area contributed by atoms with Crippen molar-refractivity contribution in [3.8, 4) is 0 Å². The lowest BCUT2D eigenvalue weighted by molar-refractivity contribution is -0.138. The molecule has 4 nitrogen and oxygen atoms in total. The van der Waals surface area contributed by atoms with E-state index in [1.54, 1.807) is 4.90 Å². The van der Waals surface area contributed by atoms with Crippen molar-refractivity contribution in [1.29, 1.82) is 0 Å². The average molecular weight is 253 g/mol. The molecule has 18 heavy (non-hydrogen) atoms. The molecular weight excluding hydrogens is 230 g/mol. The van der Waals surface area contributed by atoms with Crippen molar-refractivity contribution in [2.24, 2.45) is 5.92 Å². The van der Waals surface area contributed by atoms with Crippen LogP contribution in [0.4, 0.5) is 0 Å². The van der Waals surface area contributed by atoms with Gasteiger partial charge in [0.05, 0.1) is 6.04 Å². The average Bonchev–Trinajstić information content (AvgIpc) is 2.73. The van der Waals surface area contributed by atoms with Crippen LogP contribution in [-0.2, 0) is 14.4 Å². The van der Waals surface area contributed by atoms with E-state index in [2.05, 4.69) is 0 Å². The van der Waals surface area contributed by atoms with E-state index in [-0.39, 0.29) is 36.4 Å². The van der Waals surface area contributed by atoms with Gasteiger partial charge in [0, 0.05) is 25.8 Å². The third-order valence-corrected chi connectivity index (χ3v) is 3.25. The Morgan fingerprint density at radius 2 is 1.89 bits per heavy atom. The Morgan fingerprint density at radius 1 is 1.22 bits per heavy atom. The number of carbonyl (C=O) groups excluding carboxylic acids is 3. The Balaban J connectivity index is 2.55. The number of carbonyl (C=O) groups is 3. The minimum atomic E-state index is -0.244. The van der Waals surface area contributed by atoms with Gasteiger partial charge in [-0.3, -0.25) is 9.59 Å². The summed E-state index contributed by atoms with van der Waals surface area (Å²) in [6.07, 6.45) is 2.71. The van der Waals surface area contributed by atoms with Gasteiger partial charge < -0.3 is 9.69 Å². The topological polar surface area (TPSA) is 54.5 Å². The van der Waals surface area contributed by atoms with E-state index in [0.29, 0.717) is 18.9 Å². The van der Waals surface area contributed by atoms with Gasteiger partial charge in [-0.2, -0.15) is 0 Å². The zero-order chi connectivity index (χ0) is 13.7. The largest absolute Gasteiger partial charge is 0.333 e. The highest BCUT2D eigenvalue weighted by atomic mass is 16.2. The maximum absolute atomic E-state index is 12.0. The monoisotopic (exact) mass is 253 g/mol. The number of nitrogens with zero attached hydrogens (tertiary/aromatic N) is 1. The first-order valence-corrected chi connectivity index (χ1v) is 6.73. The second-order valence-corrected chi connectivity index (χ2v) is 5.51. The molecule has 0 aromatic carbocycles. The van der Waals surface area contributed by atoms with Crippen molar-refractivity contribution in [1.82, 2.24) is 4.90 Å². The van der Waals surface area contributed by atoms with E-state index < -0.39 is 0 Å². The lowest BCUT2D eigenvalue weighted by Gasteiger charge is -2.24. The molecule has 0 aromatic rings. The van der Waals surface area contributed by atoms with Gasteiger partial charge in [-0.15, -0.1) is 0 Å². The standard InChI is InChI=1S/C14H23NO3/c1-10(2)9-13(17)12-5-4-8-15(12)14(18)7-6-11(3)16/h10,12H,4-9H2,1-3H3. The van der Waals surface area contributed by atoms with Gasteiger partial charge in [0.2, 0.25) is 5.91 Å². The Bertz CT molecular complexity index is 336. The van der Waals surface area contributed by atoms with Gasteiger partial charge in [0.1, 0.15) is 5.78 Å². The minimum Gasteiger partial charge on any atom is -0.333 e. The first-order chi connectivity index (χ1) is 8.41. The van der Waals surface area contributed by atoms with E-state index in [9.17, 15) is 14.4 Å². The molecule has 0 spiro atoms. The van der Waals surface area contributed by atoms with E-state index in [0.717, 1.165) is 12.8 Å². The summed E-state index contributed by atoms with van der Waals surface area (Å²) >= 11 is 0. The van der Waals surface area contributed by atoms with Crippen LogP contribution in [0.5, 0.6) is 0 Å². The molecule has 1 rings (SSSR count). The van der Waals surface area contributed by atoms with Gasteiger partial charge >= 0.3 is 0 Å². The summed E-state index contributed by atoms with van der Waals surface area (Å²) in [5, 5.41) is 0. The third kappa shape index (κ3) is 4.24. The fourth-order valence-corrected chi connectivity index (χ4v) is 2.36. The predicted molar refractivity (Wildman–Crippen MR) is 69.1 cm³/mol. The highest BCUT2D eigenvalue weighted by molar-refractivity contribution is 5.91. The number of likely N-dealkylation sites (tertiary alicyclic amines) is 1. The van der Waals surface area contributed by atoms with Crippen LogP contribution in [-0.4, -0.2) is 35.0 Å². The number of ketones is 2. The van der Waals surface area contributed by atoms with Crippen LogP contribution in [0.15, 0.2) is 0 Å². The summed E-state index contributed by atoms with van der Waals surface area (Å²) in [4.78, 5) is 36.6. The van der Waals surface area contributed by atoms with E-state index in [1.165, 1.54) is 6.92 Å². The fraction of sp³-hybridized carbons (Fsp3) is 0.786. The van der Waals surface area contributed by atoms with Crippen molar-refractivity contribution >= 4 is 17.5 Å². The van der Waals surface area contributed by atoms with Crippen LogP contribution in [0, 0.1) is 5.92 Å². The highest BCUT2D eigenvalue weighted by Gasteiger charge is 2.33. The Kier molecular flexibility index (Phi) is 5.51. The Labute approximate surface area is 109 Å². The van der Waals surface area contributed by atoms with Gasteiger partial charge in [-0.25, -0.2) is 0 Å². The molecule has 1 saturated heterocycles. The predicted octanol–water partition coefficient (Wildman–Crippen LogP) is 1.96. The zero-order valence-corrected chi connectivity index (χ0v) is 11.6. The molecular formula is C14H23NO3. The quantitative estimate of drug-likeness (QED) is 0.727. The molecule has 1 amide bonds. The van der Waals surface area contributed by atoms with Crippen LogP contribution < -0.4 is 0 Å². The molecule has 0 saturated carbocycles. The maximum atomic E-state index is 12.0. The molecule has 1 heterocycles. The number of Topliss-reactive ketones (excluding diaryl/α,β-unsaturated/α-hetero) is 2. The molecule has 1 aliphatic rings. The van der Waals surface area contributed by atoms with Crippen LogP contribution in [0.1, 0.15) is 52.9 Å². The van der Waals surface area contributed by atoms with Crippen molar-refractivity contribution in [2.75, 3.05) is 6.54 Å². The van der Waals surface area contributed by atoms with Crippen LogP contribution in [0.3, 0.4) is 0 Å². The van der Waals surface area contributed by atoms with E-state index in [1.807, 2.05) is 13.8 Å². The first-order valence-electron chi connectivity index (χ1n) is 6.73. The number of hydrogen-bond acceptors (Lipinski definition) is 3. The summed E-state index contributed by atoms with van der Waals surface area (Å²) < 4.78 is 0. The molecule has 0 aliphatic carbocycles. The minimum absolute atomic E-state index is 0.0209. The van der Waals surface area contributed by atoms with E-state index in [4.69, 9.17) is 0 Å². The van der Waals surface area contributed by atoms with Crippen LogP contribution in [0.2, 0.25) is 0 Å². The zero-order valence-electron chi connectivity index (χ0n) is 11.6. The summed E-state index contributed by atoms with van der Waals surface area (Å²) in [5.74, 6) is 0.461. The third-order valence-electron chi connectivity index (χ3n) is 3.25. The summed E-state index contributed by atoms with van der Waals surface area (Å²) in [5.41, 5.74) is 0. The summed E-state index contributed by atoms with van der Waals surface area (Å²) in [6, 6.07) is -0.244. The summed E-state index contributed by atoms with van der Waals surface area (Å²) in [7, 11) is 0. The molecule has 1 unspecified atom stereocenters. The van der Waals surface area contributed by atoms with Gasteiger partial charge in [-0.1, -0.05) is 13.8 Å². The molecule has 0 N–H and O–H groups in total. The number of hydrogen-bond donors (Lipinski definition) is 0. The summed E-state index contributed by atoms with van der Waals surface area (Å²) in [6.45, 7) is 6.16. The van der Waals surface area contributed by atoms with Crippen molar-refractivity contribution in [3.05, 3.63) is 0 Å². The molecule has 0 radical (unpaired) electrons. The van der Waals surface area contributed by atoms with Crippen LogP contribution >= 0.6 is 0 Å². The Morgan fingerprint density at radius 3 is 2.44 bits per heavy atom. The lowest BCUT2D eigenvalue weighted by atomic mass is 10.00. The molecule has 1 aliphatic heterocycles. The van der Waals surface area contributed by atoms with Gasteiger partial charge in [0.15, 0.2) is 5.78 Å². The van der Waals surface area contributed by atoms with Crippen molar-refractivity contribution < 1.29 is 14.4 Å². The molecule has 0 aromatic heterocycles. The fourth-order valence-electron chi connectivity index (χ4n) is 2.36. The first kappa shape index (κ1) is 14.9. The molecule has 1 fully saturated rings. The van der Waals surface area contributed by atoms with Crippen molar-refractivity contribution in [2.45, 2.75) is 58.9 Å². The SMILES string of the molecule is CC(=O)CCC(=O)N1CCCC1C(=O)CC(C)C. The molecule has 1 atom stereocenters. The second kappa shape index (κ2) is 6.66. The Hall–Kier alpha value is -1.19. The molecule has 102 valence electrons. The highest BCUT2D eigenvalue weighted by Crippen LogP contribution is 2.22. The van der Waals surface area contributed by atoms with Crippen LogP contribution in [0.25, 0.3) is 0 Å². The number of rotatable bonds is 6. The molecule has 4 heteroatoms. The van der Waals surface area contributed by atoms with Gasteiger partial charge in [0.25, 0.3) is 0 Å². The molecule has 0 bridgehead atoms. The smallest absolute Gasteiger partial charge is 0.223 e.